The number of rotatable bonds is 7. The molecule has 5 rings (SSSR count). The Morgan fingerprint density at radius 2 is 1.86 bits per heavy atom. The molecule has 7 nitrogen and oxygen atoms in total. The van der Waals surface area contributed by atoms with Gasteiger partial charge in [0.05, 0.1) is 24.5 Å². The lowest BCUT2D eigenvalue weighted by Gasteiger charge is -2.18. The van der Waals surface area contributed by atoms with Gasteiger partial charge in [-0.25, -0.2) is 4.98 Å². The van der Waals surface area contributed by atoms with E-state index in [1.807, 2.05) is 48.6 Å². The second-order valence-electron chi connectivity index (χ2n) is 9.10. The third-order valence-corrected chi connectivity index (χ3v) is 6.47. The molecule has 1 N–H and O–H groups in total. The summed E-state index contributed by atoms with van der Waals surface area (Å²) < 4.78 is 13.5. The van der Waals surface area contributed by atoms with E-state index in [1.165, 1.54) is 11.3 Å². The molecule has 188 valence electrons. The first-order valence-electron chi connectivity index (χ1n) is 12.4. The fraction of sp³-hybridized carbons (Fsp3) is 0.233. The number of benzene rings is 2. The summed E-state index contributed by atoms with van der Waals surface area (Å²) in [7, 11) is 1.64. The van der Waals surface area contributed by atoms with Crippen molar-refractivity contribution in [1.29, 1.82) is 0 Å². The van der Waals surface area contributed by atoms with Crippen LogP contribution in [-0.2, 0) is 4.79 Å². The summed E-state index contributed by atoms with van der Waals surface area (Å²) >= 11 is 0. The molecular formula is C30H29N3O4. The number of pyridine rings is 1. The summed E-state index contributed by atoms with van der Waals surface area (Å²) in [6.07, 6.45) is 10.00. The fourth-order valence-corrected chi connectivity index (χ4v) is 4.75. The maximum Gasteiger partial charge on any atom is 0.266 e. The first-order chi connectivity index (χ1) is 18.0. The molecule has 2 aromatic carbocycles. The Balaban J connectivity index is 1.63. The highest BCUT2D eigenvalue weighted by atomic mass is 16.5. The maximum absolute atomic E-state index is 13.6. The van der Waals surface area contributed by atoms with E-state index < -0.39 is 0 Å². The number of para-hydroxylation sites is 1. The monoisotopic (exact) mass is 495 g/mol. The molecule has 0 radical (unpaired) electrons. The zero-order chi connectivity index (χ0) is 25.8. The Morgan fingerprint density at radius 3 is 2.65 bits per heavy atom. The zero-order valence-electron chi connectivity index (χ0n) is 20.9. The molecule has 1 saturated carbocycles. The van der Waals surface area contributed by atoms with Crippen molar-refractivity contribution in [1.82, 2.24) is 9.38 Å². The van der Waals surface area contributed by atoms with Gasteiger partial charge < -0.3 is 14.8 Å². The fourth-order valence-electron chi connectivity index (χ4n) is 4.75. The molecule has 0 bridgehead atoms. The largest absolute Gasteiger partial charge is 0.493 e. The molecule has 2 aromatic heterocycles. The van der Waals surface area contributed by atoms with Crippen LogP contribution in [0.3, 0.4) is 0 Å². The average Bonchev–Trinajstić information content (AvgIpc) is 3.41. The van der Waals surface area contributed by atoms with Crippen LogP contribution in [0.1, 0.15) is 43.9 Å². The van der Waals surface area contributed by atoms with Gasteiger partial charge >= 0.3 is 0 Å². The van der Waals surface area contributed by atoms with Gasteiger partial charge in [-0.2, -0.15) is 0 Å². The van der Waals surface area contributed by atoms with Gasteiger partial charge in [0.15, 0.2) is 11.5 Å². The molecule has 0 aliphatic heterocycles. The van der Waals surface area contributed by atoms with Crippen molar-refractivity contribution in [2.75, 3.05) is 12.4 Å². The summed E-state index contributed by atoms with van der Waals surface area (Å²) in [5.41, 5.74) is 3.42. The molecule has 37 heavy (non-hydrogen) atoms. The smallest absolute Gasteiger partial charge is 0.266 e. The van der Waals surface area contributed by atoms with Crippen molar-refractivity contribution in [3.8, 4) is 22.6 Å². The highest BCUT2D eigenvalue weighted by Gasteiger charge is 2.20. The van der Waals surface area contributed by atoms with Crippen LogP contribution in [-0.4, -0.2) is 28.5 Å². The van der Waals surface area contributed by atoms with Gasteiger partial charge in [-0.05, 0) is 73.7 Å². The van der Waals surface area contributed by atoms with Crippen LogP contribution in [0.4, 0.5) is 5.69 Å². The minimum absolute atomic E-state index is 0.166. The quantitative estimate of drug-likeness (QED) is 0.349. The maximum atomic E-state index is 13.6. The summed E-state index contributed by atoms with van der Waals surface area (Å²) in [5, 5.41) is 2.79. The number of methoxy groups -OCH3 is 1. The Bertz CT molecular complexity index is 1530. The van der Waals surface area contributed by atoms with Crippen LogP contribution in [0, 0.1) is 0 Å². The third kappa shape index (κ3) is 5.26. The molecule has 1 fully saturated rings. The van der Waals surface area contributed by atoms with Gasteiger partial charge in [-0.15, -0.1) is 0 Å². The minimum Gasteiger partial charge on any atom is -0.493 e. The Morgan fingerprint density at radius 1 is 1.05 bits per heavy atom. The molecule has 2 heterocycles. The highest BCUT2D eigenvalue weighted by Crippen LogP contribution is 2.36. The SMILES string of the molecule is COc1cccc(/C=C/c2nc3ccccn3c(=O)c2-c2cccc(NC(C)=O)c2)c1OC1CCCC1. The molecular weight excluding hydrogens is 466 g/mol. The van der Waals surface area contributed by atoms with Gasteiger partial charge in [0.2, 0.25) is 5.91 Å². The number of hydrogen-bond acceptors (Lipinski definition) is 5. The molecule has 1 amide bonds. The van der Waals surface area contributed by atoms with Crippen LogP contribution in [0.15, 0.2) is 71.7 Å². The summed E-state index contributed by atoms with van der Waals surface area (Å²) in [6.45, 7) is 1.45. The predicted octanol–water partition coefficient (Wildman–Crippen LogP) is 5.82. The second-order valence-corrected chi connectivity index (χ2v) is 9.10. The molecule has 1 aliphatic rings. The zero-order valence-corrected chi connectivity index (χ0v) is 20.9. The summed E-state index contributed by atoms with van der Waals surface area (Å²) in [6, 6.07) is 18.4. The first-order valence-corrected chi connectivity index (χ1v) is 12.4. The number of anilines is 1. The first kappa shape index (κ1) is 24.3. The summed E-state index contributed by atoms with van der Waals surface area (Å²) in [5.74, 6) is 1.18. The molecule has 0 spiro atoms. The van der Waals surface area contributed by atoms with Gasteiger partial charge in [-0.3, -0.25) is 14.0 Å². The van der Waals surface area contributed by atoms with Crippen molar-refractivity contribution in [3.63, 3.8) is 0 Å². The lowest BCUT2D eigenvalue weighted by atomic mass is 10.0. The molecule has 7 heteroatoms. The number of fused-ring (bicyclic) bond motifs is 1. The van der Waals surface area contributed by atoms with E-state index in [4.69, 9.17) is 14.5 Å². The van der Waals surface area contributed by atoms with Gasteiger partial charge in [0.1, 0.15) is 5.65 Å². The van der Waals surface area contributed by atoms with E-state index in [1.54, 1.807) is 37.6 Å². The van der Waals surface area contributed by atoms with Crippen molar-refractivity contribution in [2.24, 2.45) is 0 Å². The van der Waals surface area contributed by atoms with Crippen molar-refractivity contribution < 1.29 is 14.3 Å². The molecule has 0 saturated heterocycles. The average molecular weight is 496 g/mol. The van der Waals surface area contributed by atoms with Crippen LogP contribution < -0.4 is 20.3 Å². The van der Waals surface area contributed by atoms with E-state index >= 15 is 0 Å². The number of carbonyl (C=O) groups excluding carboxylic acids is 1. The molecule has 0 unspecified atom stereocenters. The number of nitrogens with one attached hydrogen (secondary N) is 1. The topological polar surface area (TPSA) is 81.9 Å². The van der Waals surface area contributed by atoms with E-state index in [9.17, 15) is 9.59 Å². The Hall–Kier alpha value is -4.39. The van der Waals surface area contributed by atoms with Crippen LogP contribution >= 0.6 is 0 Å². The van der Waals surface area contributed by atoms with Crippen LogP contribution in [0.5, 0.6) is 11.5 Å². The molecule has 0 atom stereocenters. The summed E-state index contributed by atoms with van der Waals surface area (Å²) in [4.78, 5) is 30.1. The molecule has 4 aromatic rings. The van der Waals surface area contributed by atoms with E-state index in [0.717, 1.165) is 31.2 Å². The number of hydrogen-bond donors (Lipinski definition) is 1. The predicted molar refractivity (Wildman–Crippen MR) is 146 cm³/mol. The van der Waals surface area contributed by atoms with Gasteiger partial charge in [0, 0.05) is 24.4 Å². The number of carbonyl (C=O) groups is 1. The van der Waals surface area contributed by atoms with Crippen molar-refractivity contribution in [3.05, 3.63) is 88.5 Å². The van der Waals surface area contributed by atoms with Gasteiger partial charge in [-0.1, -0.05) is 30.3 Å². The van der Waals surface area contributed by atoms with E-state index in [2.05, 4.69) is 5.32 Å². The minimum atomic E-state index is -0.196. The van der Waals surface area contributed by atoms with Crippen LogP contribution in [0.2, 0.25) is 0 Å². The lowest BCUT2D eigenvalue weighted by Crippen LogP contribution is -2.18. The second kappa shape index (κ2) is 10.7. The highest BCUT2D eigenvalue weighted by molar-refractivity contribution is 5.90. The van der Waals surface area contributed by atoms with Crippen molar-refractivity contribution in [2.45, 2.75) is 38.7 Å². The number of ether oxygens (including phenoxy) is 2. The Labute approximate surface area is 215 Å². The van der Waals surface area contributed by atoms with E-state index in [-0.39, 0.29) is 17.6 Å². The van der Waals surface area contributed by atoms with Gasteiger partial charge in [0.25, 0.3) is 5.56 Å². The third-order valence-electron chi connectivity index (χ3n) is 6.47. The standard InChI is InChI=1S/C30H29N3O4/c1-20(34)31-23-11-7-10-22(19-23)28-25(32-27-15-5-6-18-33(27)30(28)35)17-16-21-9-8-14-26(36-2)29(21)37-24-12-3-4-13-24/h5-11,14-19,24H,3-4,12-13H2,1-2H3,(H,31,34)/b17-16+. The number of amides is 1. The van der Waals surface area contributed by atoms with Crippen molar-refractivity contribution >= 4 is 29.4 Å². The number of nitrogens with zero attached hydrogens (tertiary/aromatic N) is 2. The molecule has 1 aliphatic carbocycles. The number of aromatic nitrogens is 2. The van der Waals surface area contributed by atoms with Crippen LogP contribution in [0.25, 0.3) is 28.9 Å². The normalized spacial score (nSPS) is 13.8. The van der Waals surface area contributed by atoms with E-state index in [0.29, 0.717) is 39.7 Å². The Kier molecular flexibility index (Phi) is 7.03. The lowest BCUT2D eigenvalue weighted by molar-refractivity contribution is -0.114.